The quantitative estimate of drug-likeness (QED) is 0.264. The highest BCUT2D eigenvalue weighted by Crippen LogP contribution is 2.24. The van der Waals surface area contributed by atoms with Gasteiger partial charge in [-0.2, -0.15) is 0 Å². The number of rotatable bonds is 10. The molecule has 1 N–H and O–H groups in total. The second kappa shape index (κ2) is 13.3. The smallest absolute Gasteiger partial charge is 0.243 e. The molecule has 188 valence electrons. The predicted molar refractivity (Wildman–Crippen MR) is 151 cm³/mol. The fraction of sp³-hybridized carbons (Fsp3) is 0.310. The van der Waals surface area contributed by atoms with Crippen LogP contribution >= 0.6 is 39.3 Å². The third-order valence-electron chi connectivity index (χ3n) is 6.39. The molecule has 0 aliphatic heterocycles. The summed E-state index contributed by atoms with van der Waals surface area (Å²) in [4.78, 5) is 30.1. The Morgan fingerprint density at radius 2 is 1.67 bits per heavy atom. The number of nitrogens with one attached hydrogen (secondary N) is 1. The number of carbonyl (C=O) groups is 2. The van der Waals surface area contributed by atoms with Crippen molar-refractivity contribution in [3.05, 3.63) is 99.5 Å². The average molecular weight is 586 g/mol. The summed E-state index contributed by atoms with van der Waals surface area (Å²) in [6.45, 7) is 0.356. The molecular formula is C29H30BrClN2O2S. The van der Waals surface area contributed by atoms with Crippen LogP contribution in [-0.4, -0.2) is 34.6 Å². The van der Waals surface area contributed by atoms with Gasteiger partial charge in [-0.25, -0.2) is 0 Å². The first kappa shape index (κ1) is 26.8. The van der Waals surface area contributed by atoms with Crippen LogP contribution in [0.5, 0.6) is 0 Å². The maximum Gasteiger partial charge on any atom is 0.243 e. The number of carbonyl (C=O) groups excluding carboxylic acids is 2. The first-order valence-corrected chi connectivity index (χ1v) is 14.4. The second-order valence-electron chi connectivity index (χ2n) is 9.09. The van der Waals surface area contributed by atoms with E-state index >= 15 is 0 Å². The van der Waals surface area contributed by atoms with E-state index in [0.29, 0.717) is 18.0 Å². The van der Waals surface area contributed by atoms with E-state index in [4.69, 9.17) is 11.6 Å². The van der Waals surface area contributed by atoms with E-state index in [1.54, 1.807) is 4.90 Å². The van der Waals surface area contributed by atoms with Crippen molar-refractivity contribution in [2.75, 3.05) is 5.75 Å². The number of halogens is 2. The Morgan fingerprint density at radius 1 is 0.972 bits per heavy atom. The van der Waals surface area contributed by atoms with Crippen LogP contribution in [0.25, 0.3) is 0 Å². The molecule has 2 amide bonds. The van der Waals surface area contributed by atoms with Gasteiger partial charge in [-0.05, 0) is 60.4 Å². The van der Waals surface area contributed by atoms with E-state index in [-0.39, 0.29) is 23.6 Å². The molecule has 1 atom stereocenters. The van der Waals surface area contributed by atoms with Gasteiger partial charge in [0.15, 0.2) is 0 Å². The van der Waals surface area contributed by atoms with Crippen LogP contribution in [0.2, 0.25) is 5.02 Å². The van der Waals surface area contributed by atoms with E-state index < -0.39 is 6.04 Å². The molecule has 0 aromatic heterocycles. The van der Waals surface area contributed by atoms with Gasteiger partial charge < -0.3 is 10.2 Å². The van der Waals surface area contributed by atoms with Gasteiger partial charge in [-0.15, -0.1) is 11.8 Å². The lowest BCUT2D eigenvalue weighted by molar-refractivity contribution is -0.139. The second-order valence-corrected chi connectivity index (χ2v) is 11.5. The zero-order valence-corrected chi connectivity index (χ0v) is 23.2. The molecule has 0 bridgehead atoms. The summed E-state index contributed by atoms with van der Waals surface area (Å²) in [6.07, 6.45) is 4.72. The number of hydrogen-bond acceptors (Lipinski definition) is 3. The third-order valence-corrected chi connectivity index (χ3v) is 8.13. The van der Waals surface area contributed by atoms with Crippen LogP contribution < -0.4 is 5.32 Å². The SMILES string of the molecule is O=C(NC1CCCC1)[C@H](Cc1ccccc1)N(Cc1cccc(Br)c1)C(=O)CSc1ccc(Cl)cc1. The van der Waals surface area contributed by atoms with Crippen molar-refractivity contribution in [1.82, 2.24) is 10.2 Å². The molecule has 36 heavy (non-hydrogen) atoms. The fourth-order valence-electron chi connectivity index (χ4n) is 4.51. The molecule has 3 aromatic rings. The van der Waals surface area contributed by atoms with Crippen molar-refractivity contribution in [3.63, 3.8) is 0 Å². The lowest BCUT2D eigenvalue weighted by Crippen LogP contribution is -2.52. The monoisotopic (exact) mass is 584 g/mol. The highest BCUT2D eigenvalue weighted by Gasteiger charge is 2.32. The lowest BCUT2D eigenvalue weighted by Gasteiger charge is -2.32. The minimum atomic E-state index is -0.606. The van der Waals surface area contributed by atoms with Crippen LogP contribution in [0, 0.1) is 0 Å². The third kappa shape index (κ3) is 7.86. The summed E-state index contributed by atoms with van der Waals surface area (Å²) < 4.78 is 0.943. The van der Waals surface area contributed by atoms with Gasteiger partial charge in [-0.1, -0.05) is 82.8 Å². The maximum absolute atomic E-state index is 13.7. The highest BCUT2D eigenvalue weighted by molar-refractivity contribution is 9.10. The Balaban J connectivity index is 1.60. The van der Waals surface area contributed by atoms with Gasteiger partial charge in [0, 0.05) is 33.4 Å². The van der Waals surface area contributed by atoms with Crippen molar-refractivity contribution >= 4 is 51.1 Å². The summed E-state index contributed by atoms with van der Waals surface area (Å²) >= 11 is 11.0. The molecule has 0 unspecified atom stereocenters. The predicted octanol–water partition coefficient (Wildman–Crippen LogP) is 6.89. The zero-order chi connectivity index (χ0) is 25.3. The van der Waals surface area contributed by atoms with E-state index in [2.05, 4.69) is 21.2 Å². The zero-order valence-electron chi connectivity index (χ0n) is 20.0. The van der Waals surface area contributed by atoms with Crippen molar-refractivity contribution in [2.45, 2.75) is 55.6 Å². The number of benzene rings is 3. The molecule has 0 saturated heterocycles. The first-order chi connectivity index (χ1) is 17.5. The topological polar surface area (TPSA) is 49.4 Å². The molecule has 3 aromatic carbocycles. The standard InChI is InChI=1S/C29H30BrClN2O2S/c30-23-10-6-9-22(17-23)19-33(28(34)20-36-26-15-13-24(31)14-16-26)27(18-21-7-2-1-3-8-21)29(35)32-25-11-4-5-12-25/h1-3,6-10,13-17,25,27H,4-5,11-12,18-20H2,(H,32,35)/t27-/m0/s1. The van der Waals surface area contributed by atoms with Crippen molar-refractivity contribution in [2.24, 2.45) is 0 Å². The summed E-state index contributed by atoms with van der Waals surface area (Å²) in [5, 5.41) is 3.91. The number of nitrogens with zero attached hydrogens (tertiary/aromatic N) is 1. The summed E-state index contributed by atoms with van der Waals surface area (Å²) in [5.41, 5.74) is 2.00. The molecule has 0 spiro atoms. The van der Waals surface area contributed by atoms with Crippen molar-refractivity contribution < 1.29 is 9.59 Å². The molecule has 1 saturated carbocycles. The summed E-state index contributed by atoms with van der Waals surface area (Å²) in [7, 11) is 0. The molecule has 4 nitrogen and oxygen atoms in total. The van der Waals surface area contributed by atoms with Crippen LogP contribution in [0.1, 0.15) is 36.8 Å². The van der Waals surface area contributed by atoms with Crippen LogP contribution in [-0.2, 0) is 22.6 Å². The molecule has 0 heterocycles. The Kier molecular flexibility index (Phi) is 9.90. The fourth-order valence-corrected chi connectivity index (χ4v) is 5.87. The molecule has 1 aliphatic carbocycles. The van der Waals surface area contributed by atoms with Crippen LogP contribution in [0.15, 0.2) is 88.2 Å². The van der Waals surface area contributed by atoms with Gasteiger partial charge in [-0.3, -0.25) is 9.59 Å². The van der Waals surface area contributed by atoms with Gasteiger partial charge in [0.05, 0.1) is 5.75 Å². The molecule has 1 aliphatic rings. The van der Waals surface area contributed by atoms with E-state index in [0.717, 1.165) is 46.2 Å². The van der Waals surface area contributed by atoms with E-state index in [1.165, 1.54) is 11.8 Å². The maximum atomic E-state index is 13.7. The minimum Gasteiger partial charge on any atom is -0.352 e. The van der Waals surface area contributed by atoms with Gasteiger partial charge in [0.25, 0.3) is 0 Å². The number of hydrogen-bond donors (Lipinski definition) is 1. The van der Waals surface area contributed by atoms with Gasteiger partial charge in [0.2, 0.25) is 11.8 Å². The number of thioether (sulfide) groups is 1. The van der Waals surface area contributed by atoms with Crippen LogP contribution in [0.3, 0.4) is 0 Å². The first-order valence-electron chi connectivity index (χ1n) is 12.2. The Labute approximate surface area is 230 Å². The normalized spacial score (nSPS) is 14.4. The van der Waals surface area contributed by atoms with E-state index in [1.807, 2.05) is 78.9 Å². The Bertz CT molecular complexity index is 1150. The summed E-state index contributed by atoms with van der Waals surface area (Å²) in [6, 6.07) is 24.9. The average Bonchev–Trinajstić information content (AvgIpc) is 3.39. The highest BCUT2D eigenvalue weighted by atomic mass is 79.9. The summed E-state index contributed by atoms with van der Waals surface area (Å²) in [5.74, 6) is 0.0838. The van der Waals surface area contributed by atoms with Gasteiger partial charge >= 0.3 is 0 Å². The molecular weight excluding hydrogens is 556 g/mol. The molecule has 7 heteroatoms. The largest absolute Gasteiger partial charge is 0.352 e. The van der Waals surface area contributed by atoms with Gasteiger partial charge in [0.1, 0.15) is 6.04 Å². The lowest BCUT2D eigenvalue weighted by atomic mass is 10.0. The number of amides is 2. The van der Waals surface area contributed by atoms with E-state index in [9.17, 15) is 9.59 Å². The minimum absolute atomic E-state index is 0.0718. The molecule has 4 rings (SSSR count). The Morgan fingerprint density at radius 3 is 2.36 bits per heavy atom. The Hall–Kier alpha value is -2.28. The molecule has 1 fully saturated rings. The van der Waals surface area contributed by atoms with Crippen LogP contribution in [0.4, 0.5) is 0 Å². The molecule has 0 radical (unpaired) electrons. The van der Waals surface area contributed by atoms with Crippen molar-refractivity contribution in [1.29, 1.82) is 0 Å². The van der Waals surface area contributed by atoms with Crippen molar-refractivity contribution in [3.8, 4) is 0 Å².